The molecule has 1 fully saturated rings. The van der Waals surface area contributed by atoms with Crippen molar-refractivity contribution in [2.75, 3.05) is 0 Å². The fourth-order valence-corrected chi connectivity index (χ4v) is 3.56. The lowest BCUT2D eigenvalue weighted by molar-refractivity contribution is -0.256. The van der Waals surface area contributed by atoms with E-state index in [2.05, 4.69) is 18.7 Å². The van der Waals surface area contributed by atoms with Gasteiger partial charge in [-0.3, -0.25) is 0 Å². The van der Waals surface area contributed by atoms with Crippen LogP contribution >= 0.6 is 0 Å². The Bertz CT molecular complexity index is 540. The smallest absolute Gasteiger partial charge is 0.316 e. The van der Waals surface area contributed by atoms with Crippen molar-refractivity contribution in [2.45, 2.75) is 64.6 Å². The zero-order chi connectivity index (χ0) is 18.1. The van der Waals surface area contributed by atoms with Crippen molar-refractivity contribution >= 4 is 6.08 Å². The van der Waals surface area contributed by atoms with Crippen LogP contribution in [-0.2, 0) is 11.3 Å². The Hall–Kier alpha value is -1.48. The molecule has 2 rings (SSSR count). The van der Waals surface area contributed by atoms with Gasteiger partial charge in [0.05, 0.1) is 6.61 Å². The first-order valence-electron chi connectivity index (χ1n) is 9.36. The lowest BCUT2D eigenvalue weighted by atomic mass is 9.78. The molecule has 0 unspecified atom stereocenters. The Kier molecular flexibility index (Phi) is 7.83. The van der Waals surface area contributed by atoms with Crippen molar-refractivity contribution in [3.8, 4) is 0 Å². The molecule has 138 valence electrons. The molecule has 0 aromatic heterocycles. The molecular weight excluding hydrogens is 318 g/mol. The highest BCUT2D eigenvalue weighted by Gasteiger charge is 2.35. The van der Waals surface area contributed by atoms with Gasteiger partial charge in [0.1, 0.15) is 0 Å². The monoisotopic (exact) mass is 348 g/mol. The summed E-state index contributed by atoms with van der Waals surface area (Å²) in [5.41, 5.74) is 1.74. The van der Waals surface area contributed by atoms with E-state index in [4.69, 9.17) is 4.74 Å². The van der Waals surface area contributed by atoms with Crippen LogP contribution in [0.4, 0.5) is 8.78 Å². The molecule has 25 heavy (non-hydrogen) atoms. The van der Waals surface area contributed by atoms with Crippen LogP contribution in [-0.4, -0.2) is 6.11 Å². The first-order valence-corrected chi connectivity index (χ1v) is 9.36. The number of allylic oxidation sites excluding steroid dienone is 2. The van der Waals surface area contributed by atoms with Gasteiger partial charge in [0.25, 0.3) is 0 Å². The van der Waals surface area contributed by atoms with E-state index >= 15 is 0 Å². The molecule has 0 N–H and O–H groups in total. The van der Waals surface area contributed by atoms with Crippen LogP contribution < -0.4 is 0 Å². The van der Waals surface area contributed by atoms with Gasteiger partial charge in [0, 0.05) is 6.42 Å². The number of halogens is 2. The second-order valence-corrected chi connectivity index (χ2v) is 7.11. The normalized spacial score (nSPS) is 21.6. The topological polar surface area (TPSA) is 9.23 Å². The fourth-order valence-electron chi connectivity index (χ4n) is 3.56. The third kappa shape index (κ3) is 7.11. The summed E-state index contributed by atoms with van der Waals surface area (Å²) < 4.78 is 33.2. The van der Waals surface area contributed by atoms with Gasteiger partial charge in [0.15, 0.2) is 0 Å². The Morgan fingerprint density at radius 3 is 2.36 bits per heavy atom. The first kappa shape index (κ1) is 19.8. The van der Waals surface area contributed by atoms with Crippen molar-refractivity contribution in [1.29, 1.82) is 0 Å². The molecule has 0 radical (unpaired) electrons. The Balaban J connectivity index is 1.72. The number of hydrogen-bond donors (Lipinski definition) is 0. The summed E-state index contributed by atoms with van der Waals surface area (Å²) in [6.45, 7) is 5.66. The number of alkyl halides is 2. The molecule has 0 atom stereocenters. The molecule has 0 aliphatic heterocycles. The van der Waals surface area contributed by atoms with Gasteiger partial charge in [0.2, 0.25) is 0 Å². The van der Waals surface area contributed by atoms with E-state index in [1.807, 2.05) is 31.2 Å². The van der Waals surface area contributed by atoms with Crippen LogP contribution in [0.2, 0.25) is 0 Å². The van der Waals surface area contributed by atoms with E-state index in [0.717, 1.165) is 43.2 Å². The molecule has 1 aromatic carbocycles. The largest absolute Gasteiger partial charge is 0.356 e. The lowest BCUT2D eigenvalue weighted by Crippen LogP contribution is -2.27. The van der Waals surface area contributed by atoms with Gasteiger partial charge < -0.3 is 4.74 Å². The predicted molar refractivity (Wildman–Crippen MR) is 100 cm³/mol. The number of rotatable bonds is 9. The molecule has 1 aliphatic rings. The predicted octanol–water partition coefficient (Wildman–Crippen LogP) is 6.99. The summed E-state index contributed by atoms with van der Waals surface area (Å²) in [7, 11) is 0. The van der Waals surface area contributed by atoms with Crippen molar-refractivity contribution in [3.63, 3.8) is 0 Å². The molecule has 1 nitrogen and oxygen atoms in total. The maximum Gasteiger partial charge on any atom is 0.356 e. The maximum atomic E-state index is 14.1. The van der Waals surface area contributed by atoms with Crippen LogP contribution in [0.5, 0.6) is 0 Å². The summed E-state index contributed by atoms with van der Waals surface area (Å²) in [6.07, 6.45) is 9.03. The lowest BCUT2D eigenvalue weighted by Gasteiger charge is -2.30. The second kappa shape index (κ2) is 9.86. The second-order valence-electron chi connectivity index (χ2n) is 7.11. The third-order valence-electron chi connectivity index (χ3n) is 5.14. The number of benzene rings is 1. The van der Waals surface area contributed by atoms with Crippen molar-refractivity contribution < 1.29 is 13.5 Å². The van der Waals surface area contributed by atoms with E-state index in [1.54, 1.807) is 6.08 Å². The molecule has 1 aromatic rings. The minimum absolute atomic E-state index is 0.0525. The average Bonchev–Trinajstić information content (AvgIpc) is 2.62. The summed E-state index contributed by atoms with van der Waals surface area (Å²) in [5, 5.41) is 0. The molecule has 0 heterocycles. The minimum atomic E-state index is -3.04. The van der Waals surface area contributed by atoms with Gasteiger partial charge in [-0.05, 0) is 55.6 Å². The van der Waals surface area contributed by atoms with Crippen LogP contribution in [0.1, 0.15) is 63.0 Å². The van der Waals surface area contributed by atoms with Crippen LogP contribution in [0.15, 0.2) is 43.0 Å². The molecular formula is C22H30F2O. The Morgan fingerprint density at radius 2 is 1.76 bits per heavy atom. The minimum Gasteiger partial charge on any atom is -0.316 e. The van der Waals surface area contributed by atoms with E-state index in [0.29, 0.717) is 5.92 Å². The molecule has 0 saturated heterocycles. The average molecular weight is 348 g/mol. The van der Waals surface area contributed by atoms with Gasteiger partial charge in [-0.25, -0.2) is 0 Å². The zero-order valence-corrected chi connectivity index (χ0v) is 15.2. The molecule has 0 spiro atoms. The van der Waals surface area contributed by atoms with Crippen LogP contribution in [0, 0.1) is 11.8 Å². The maximum absolute atomic E-state index is 14.1. The number of hydrogen-bond acceptors (Lipinski definition) is 1. The van der Waals surface area contributed by atoms with E-state index in [9.17, 15) is 8.78 Å². The van der Waals surface area contributed by atoms with E-state index in [1.165, 1.54) is 6.42 Å². The van der Waals surface area contributed by atoms with E-state index in [-0.39, 0.29) is 18.9 Å². The van der Waals surface area contributed by atoms with Crippen molar-refractivity contribution in [2.24, 2.45) is 11.8 Å². The Labute approximate surface area is 150 Å². The van der Waals surface area contributed by atoms with Crippen molar-refractivity contribution in [1.82, 2.24) is 0 Å². The summed E-state index contributed by atoms with van der Waals surface area (Å²) >= 11 is 0. The quantitative estimate of drug-likeness (QED) is 0.437. The molecule has 0 bridgehead atoms. The van der Waals surface area contributed by atoms with Crippen LogP contribution in [0.3, 0.4) is 0 Å². The highest BCUT2D eigenvalue weighted by Crippen LogP contribution is 2.38. The highest BCUT2D eigenvalue weighted by molar-refractivity contribution is 5.47. The van der Waals surface area contributed by atoms with Gasteiger partial charge >= 0.3 is 6.11 Å². The number of ether oxygens (including phenoxy) is 1. The molecule has 3 heteroatoms. The van der Waals surface area contributed by atoms with Gasteiger partial charge in [-0.2, -0.15) is 8.78 Å². The van der Waals surface area contributed by atoms with Gasteiger partial charge in [-0.1, -0.05) is 61.9 Å². The Morgan fingerprint density at radius 1 is 1.12 bits per heavy atom. The fraction of sp³-hybridized carbons (Fsp3) is 0.545. The van der Waals surface area contributed by atoms with Crippen molar-refractivity contribution in [3.05, 3.63) is 54.1 Å². The standard InChI is InChI=1S/C22H30F2O/c1-3-5-6-7-19-10-12-20(13-11-19)16-22(23,24)25-17-21-14-8-18(4-2)9-15-21/h3-5,8-9,14-15,19-20H,2,6-7,10-13,16-17H2,1H3/b5-3+. The molecule has 1 aliphatic carbocycles. The van der Waals surface area contributed by atoms with Gasteiger partial charge in [-0.15, -0.1) is 0 Å². The first-order chi connectivity index (χ1) is 12.0. The summed E-state index contributed by atoms with van der Waals surface area (Å²) in [6, 6.07) is 7.34. The van der Waals surface area contributed by atoms with Crippen LogP contribution in [0.25, 0.3) is 6.08 Å². The highest BCUT2D eigenvalue weighted by atomic mass is 19.3. The molecule has 0 amide bonds. The summed E-state index contributed by atoms with van der Waals surface area (Å²) in [5.74, 6) is 0.779. The van der Waals surface area contributed by atoms with E-state index < -0.39 is 6.11 Å². The third-order valence-corrected chi connectivity index (χ3v) is 5.14. The SMILES string of the molecule is C=Cc1ccc(COC(F)(F)CC2CCC(CC/C=C/C)CC2)cc1. The summed E-state index contributed by atoms with van der Waals surface area (Å²) in [4.78, 5) is 0. The molecule has 1 saturated carbocycles. The zero-order valence-electron chi connectivity index (χ0n) is 15.2.